The summed E-state index contributed by atoms with van der Waals surface area (Å²) in [6, 6.07) is 5.48. The Labute approximate surface area is 201 Å². The molecule has 0 aliphatic carbocycles. The minimum absolute atomic E-state index is 0.00616. The van der Waals surface area contributed by atoms with Crippen molar-refractivity contribution in [2.45, 2.75) is 43.8 Å². The molecule has 0 saturated carbocycles. The van der Waals surface area contributed by atoms with Crippen LogP contribution in [-0.2, 0) is 36.8 Å². The maximum Gasteiger partial charge on any atom is 0.322 e. The number of nitrogens with zero attached hydrogens (tertiary/aromatic N) is 1. The number of hydrogen-bond acceptors (Lipinski definition) is 7. The minimum Gasteiger partial charge on any atom is -0.480 e. The third kappa shape index (κ3) is 9.63. The van der Waals surface area contributed by atoms with Gasteiger partial charge >= 0.3 is 5.97 Å². The van der Waals surface area contributed by atoms with Crippen LogP contribution in [0.25, 0.3) is 0 Å². The number of primary amides is 1. The molecule has 2 rings (SSSR count). The second-order valence-corrected chi connectivity index (χ2v) is 7.82. The Kier molecular flexibility index (Phi) is 10.4. The quantitative estimate of drug-likeness (QED) is 0.157. The van der Waals surface area contributed by atoms with Crippen molar-refractivity contribution in [3.8, 4) is 0 Å². The van der Waals surface area contributed by atoms with Gasteiger partial charge in [-0.25, -0.2) is 4.98 Å². The number of H-pyrrole nitrogens is 1. The van der Waals surface area contributed by atoms with E-state index in [4.69, 9.17) is 16.6 Å². The number of imidazole rings is 1. The molecule has 0 bridgehead atoms. The summed E-state index contributed by atoms with van der Waals surface area (Å²) in [7, 11) is 0. The first kappa shape index (κ1) is 27.0. The normalized spacial score (nSPS) is 13.2. The summed E-state index contributed by atoms with van der Waals surface area (Å²) in [4.78, 5) is 66.9. The third-order valence-electron chi connectivity index (χ3n) is 4.98. The maximum atomic E-state index is 13.2. The molecule has 1 aromatic heterocycles. The van der Waals surface area contributed by atoms with Crippen LogP contribution >= 0.6 is 0 Å². The summed E-state index contributed by atoms with van der Waals surface area (Å²) in [5.74, 6) is -3.93. The molecule has 0 spiro atoms. The molecule has 0 aliphatic rings. The zero-order valence-corrected chi connectivity index (χ0v) is 18.9. The highest BCUT2D eigenvalue weighted by atomic mass is 16.4. The summed E-state index contributed by atoms with van der Waals surface area (Å²) in [5, 5.41) is 16.3. The van der Waals surface area contributed by atoms with Crippen molar-refractivity contribution in [1.82, 2.24) is 25.9 Å². The van der Waals surface area contributed by atoms with Crippen molar-refractivity contribution in [2.75, 3.05) is 6.54 Å². The Morgan fingerprint density at radius 3 is 2.23 bits per heavy atom. The van der Waals surface area contributed by atoms with Gasteiger partial charge in [-0.2, -0.15) is 0 Å². The molecule has 4 amide bonds. The van der Waals surface area contributed by atoms with Crippen molar-refractivity contribution in [2.24, 2.45) is 11.5 Å². The van der Waals surface area contributed by atoms with Crippen LogP contribution in [0.5, 0.6) is 0 Å². The number of rotatable bonds is 14. The molecular formula is C22H29N7O6. The van der Waals surface area contributed by atoms with Crippen molar-refractivity contribution < 1.29 is 29.1 Å². The van der Waals surface area contributed by atoms with Gasteiger partial charge < -0.3 is 37.5 Å². The van der Waals surface area contributed by atoms with Gasteiger partial charge in [0.15, 0.2) is 0 Å². The number of nitrogens with two attached hydrogens (primary N) is 2. The van der Waals surface area contributed by atoms with E-state index in [1.807, 2.05) is 0 Å². The molecule has 2 aromatic rings. The highest BCUT2D eigenvalue weighted by Gasteiger charge is 2.29. The topological polar surface area (TPSA) is 222 Å². The van der Waals surface area contributed by atoms with E-state index in [0.29, 0.717) is 5.69 Å². The first-order valence-corrected chi connectivity index (χ1v) is 10.8. The lowest BCUT2D eigenvalue weighted by Crippen LogP contribution is -2.57. The Bertz CT molecular complexity index is 1010. The Morgan fingerprint density at radius 1 is 0.971 bits per heavy atom. The standard InChI is InChI=1S/C22H29N7O6/c23-15(6-7-18(24)30)20(33)28-17(9-14-10-25-12-27-14)22(35)29-16(21(34)26-11-19(31)32)8-13-4-2-1-3-5-13/h1-5,10,12,15-17H,6-9,11,23H2,(H2,24,30)(H,25,27)(H,26,34)(H,28,33)(H,29,35)(H,31,32). The fraction of sp³-hybridized carbons (Fsp3) is 0.364. The molecule has 0 aliphatic heterocycles. The van der Waals surface area contributed by atoms with Crippen molar-refractivity contribution in [3.63, 3.8) is 0 Å². The highest BCUT2D eigenvalue weighted by molar-refractivity contribution is 5.94. The van der Waals surface area contributed by atoms with Crippen LogP contribution in [0.1, 0.15) is 24.1 Å². The molecule has 0 saturated heterocycles. The van der Waals surface area contributed by atoms with Gasteiger partial charge in [-0.05, 0) is 12.0 Å². The van der Waals surface area contributed by atoms with Crippen molar-refractivity contribution in [3.05, 3.63) is 54.1 Å². The monoisotopic (exact) mass is 487 g/mol. The fourth-order valence-electron chi connectivity index (χ4n) is 3.15. The summed E-state index contributed by atoms with van der Waals surface area (Å²) in [5.41, 5.74) is 12.2. The van der Waals surface area contributed by atoms with Gasteiger partial charge in [0.25, 0.3) is 0 Å². The lowest BCUT2D eigenvalue weighted by molar-refractivity contribution is -0.138. The highest BCUT2D eigenvalue weighted by Crippen LogP contribution is 2.06. The van der Waals surface area contributed by atoms with Gasteiger partial charge in [-0.3, -0.25) is 24.0 Å². The number of aromatic nitrogens is 2. The lowest BCUT2D eigenvalue weighted by atomic mass is 10.0. The van der Waals surface area contributed by atoms with Crippen molar-refractivity contribution >= 4 is 29.6 Å². The summed E-state index contributed by atoms with van der Waals surface area (Å²) in [6.45, 7) is -0.622. The van der Waals surface area contributed by atoms with Crippen LogP contribution in [0.15, 0.2) is 42.9 Å². The van der Waals surface area contributed by atoms with Gasteiger partial charge in [0, 0.05) is 31.2 Å². The van der Waals surface area contributed by atoms with Gasteiger partial charge in [0.1, 0.15) is 18.6 Å². The van der Waals surface area contributed by atoms with E-state index in [1.165, 1.54) is 12.5 Å². The van der Waals surface area contributed by atoms with Crippen molar-refractivity contribution in [1.29, 1.82) is 0 Å². The van der Waals surface area contributed by atoms with E-state index in [1.54, 1.807) is 30.3 Å². The van der Waals surface area contributed by atoms with E-state index in [2.05, 4.69) is 25.9 Å². The minimum atomic E-state index is -1.24. The molecule has 0 fully saturated rings. The Balaban J connectivity index is 2.17. The zero-order chi connectivity index (χ0) is 25.8. The molecule has 13 heteroatoms. The Morgan fingerprint density at radius 2 is 1.63 bits per heavy atom. The average Bonchev–Trinajstić information content (AvgIpc) is 3.33. The van der Waals surface area contributed by atoms with Gasteiger partial charge in [0.05, 0.1) is 12.4 Å². The first-order chi connectivity index (χ1) is 16.7. The van der Waals surface area contributed by atoms with Crippen LogP contribution in [0.2, 0.25) is 0 Å². The second-order valence-electron chi connectivity index (χ2n) is 7.82. The number of carboxylic acids is 1. The number of aliphatic carboxylic acids is 1. The predicted molar refractivity (Wildman–Crippen MR) is 123 cm³/mol. The molecule has 3 atom stereocenters. The van der Waals surface area contributed by atoms with Gasteiger partial charge in [0.2, 0.25) is 23.6 Å². The maximum absolute atomic E-state index is 13.2. The van der Waals surface area contributed by atoms with Crippen LogP contribution < -0.4 is 27.4 Å². The number of hydrogen-bond donors (Lipinski definition) is 7. The van der Waals surface area contributed by atoms with Gasteiger partial charge in [-0.1, -0.05) is 30.3 Å². The molecule has 1 heterocycles. The molecule has 9 N–H and O–H groups in total. The number of nitrogens with one attached hydrogen (secondary N) is 4. The predicted octanol–water partition coefficient (Wildman–Crippen LogP) is -2.04. The molecule has 1 aromatic carbocycles. The molecule has 0 radical (unpaired) electrons. The Hall–Kier alpha value is -4.26. The number of carbonyl (C=O) groups is 5. The fourth-order valence-corrected chi connectivity index (χ4v) is 3.15. The molecule has 3 unspecified atom stereocenters. The largest absolute Gasteiger partial charge is 0.480 e. The van der Waals surface area contributed by atoms with Crippen LogP contribution in [0.4, 0.5) is 0 Å². The summed E-state index contributed by atoms with van der Waals surface area (Å²) >= 11 is 0. The number of benzene rings is 1. The molecular weight excluding hydrogens is 458 g/mol. The lowest BCUT2D eigenvalue weighted by Gasteiger charge is -2.24. The van der Waals surface area contributed by atoms with Crippen LogP contribution in [0, 0.1) is 0 Å². The number of carbonyl (C=O) groups excluding carboxylic acids is 4. The average molecular weight is 488 g/mol. The van der Waals surface area contributed by atoms with E-state index in [9.17, 15) is 24.0 Å². The van der Waals surface area contributed by atoms with E-state index in [0.717, 1.165) is 5.56 Å². The smallest absolute Gasteiger partial charge is 0.322 e. The van der Waals surface area contributed by atoms with E-state index >= 15 is 0 Å². The third-order valence-corrected chi connectivity index (χ3v) is 4.98. The molecule has 35 heavy (non-hydrogen) atoms. The number of carboxylic acid groups (broad SMARTS) is 1. The van der Waals surface area contributed by atoms with Gasteiger partial charge in [-0.15, -0.1) is 0 Å². The molecule has 13 nitrogen and oxygen atoms in total. The summed E-state index contributed by atoms with van der Waals surface area (Å²) in [6.07, 6.45) is 2.86. The SMILES string of the molecule is NC(=O)CCC(N)C(=O)NC(Cc1cnc[nH]1)C(=O)NC(Cc1ccccc1)C(=O)NCC(=O)O. The first-order valence-electron chi connectivity index (χ1n) is 10.8. The second kappa shape index (κ2) is 13.4. The molecule has 188 valence electrons. The summed E-state index contributed by atoms with van der Waals surface area (Å²) < 4.78 is 0. The van der Waals surface area contributed by atoms with E-state index in [-0.39, 0.29) is 25.7 Å². The van der Waals surface area contributed by atoms with Crippen LogP contribution in [-0.4, -0.2) is 69.3 Å². The number of amides is 4. The van der Waals surface area contributed by atoms with Crippen LogP contribution in [0.3, 0.4) is 0 Å². The number of aromatic amines is 1. The zero-order valence-electron chi connectivity index (χ0n) is 18.9. The van der Waals surface area contributed by atoms with E-state index < -0.39 is 54.3 Å².